The number of aromatic amines is 1. The molecule has 196 valence electrons. The zero-order valence-corrected chi connectivity index (χ0v) is 19.9. The van der Waals surface area contributed by atoms with Gasteiger partial charge in [-0.3, -0.25) is 4.79 Å². The Morgan fingerprint density at radius 3 is 2.36 bits per heavy atom. The van der Waals surface area contributed by atoms with Crippen molar-refractivity contribution in [2.75, 3.05) is 13.1 Å². The van der Waals surface area contributed by atoms with E-state index in [0.29, 0.717) is 42.3 Å². The number of aliphatic hydroxyl groups is 1. The number of carbonyl (C=O) groups is 1. The minimum absolute atomic E-state index is 0.124. The topological polar surface area (TPSA) is 69.2 Å². The molecule has 1 aliphatic heterocycles. The van der Waals surface area contributed by atoms with Gasteiger partial charge in [0.2, 0.25) is 0 Å². The molecule has 1 aliphatic carbocycles. The standard InChI is InChI=1S/C24H25F6N3O2S/c25-19-13-31-23-22(18-12-16(34)2-1-3-20(18)32-23)21(19)14-8-10-33(11-9-14)24(35)15-4-6-17(7-5-15)36(26,27,28,29)30/h4-7,13-14,16,34H,1-3,8-12H2,(H,31,32). The van der Waals surface area contributed by atoms with Crippen LogP contribution in [-0.4, -0.2) is 45.1 Å². The van der Waals surface area contributed by atoms with Crippen molar-refractivity contribution in [2.45, 2.75) is 55.4 Å². The number of aromatic nitrogens is 2. The Bertz CT molecular complexity index is 1330. The number of piperidine rings is 1. The number of fused-ring (bicyclic) bond motifs is 3. The SMILES string of the molecule is O=C(c1ccc(S(F)(F)(F)(F)F)cc1)N1CCC(c2c(F)cnc3[nH]c4c(c23)CC(O)CCC4)CC1. The van der Waals surface area contributed by atoms with E-state index >= 15 is 4.39 Å². The highest BCUT2D eigenvalue weighted by atomic mass is 32.5. The molecular formula is C24H25F6N3O2S. The van der Waals surface area contributed by atoms with Crippen molar-refractivity contribution in [3.05, 3.63) is 58.7 Å². The van der Waals surface area contributed by atoms with Gasteiger partial charge in [0.05, 0.1) is 12.3 Å². The number of amides is 1. The third kappa shape index (κ3) is 4.68. The van der Waals surface area contributed by atoms with Gasteiger partial charge in [-0.1, -0.05) is 19.4 Å². The first-order valence-corrected chi connectivity index (χ1v) is 13.7. The number of nitrogens with one attached hydrogen (secondary N) is 1. The molecule has 2 N–H and O–H groups in total. The van der Waals surface area contributed by atoms with Crippen LogP contribution in [0.15, 0.2) is 35.4 Å². The Labute approximate surface area is 203 Å². The van der Waals surface area contributed by atoms with Crippen LogP contribution < -0.4 is 0 Å². The van der Waals surface area contributed by atoms with Gasteiger partial charge in [0.1, 0.15) is 16.4 Å². The lowest BCUT2D eigenvalue weighted by Gasteiger charge is -2.40. The van der Waals surface area contributed by atoms with Crippen LogP contribution in [0.4, 0.5) is 23.8 Å². The number of hydrogen-bond acceptors (Lipinski definition) is 3. The fraction of sp³-hybridized carbons (Fsp3) is 0.417. The van der Waals surface area contributed by atoms with E-state index in [1.54, 1.807) is 0 Å². The fourth-order valence-corrected chi connectivity index (χ4v) is 6.02. The number of carbonyl (C=O) groups excluding carboxylic acids is 1. The average Bonchev–Trinajstić information content (AvgIpc) is 3.03. The van der Waals surface area contributed by atoms with Gasteiger partial charge in [0, 0.05) is 41.7 Å². The van der Waals surface area contributed by atoms with E-state index in [2.05, 4.69) is 9.97 Å². The number of halogens is 6. The van der Waals surface area contributed by atoms with Crippen molar-refractivity contribution in [1.29, 1.82) is 0 Å². The summed E-state index contributed by atoms with van der Waals surface area (Å²) < 4.78 is 79.9. The maximum atomic E-state index is 15.1. The van der Waals surface area contributed by atoms with Gasteiger partial charge in [0.15, 0.2) is 0 Å². The Hall–Kier alpha value is -2.73. The van der Waals surface area contributed by atoms with E-state index in [-0.39, 0.29) is 36.7 Å². The molecule has 5 rings (SSSR count). The lowest BCUT2D eigenvalue weighted by atomic mass is 9.86. The molecule has 0 bridgehead atoms. The van der Waals surface area contributed by atoms with Crippen LogP contribution in [0.3, 0.4) is 0 Å². The number of pyridine rings is 1. The molecule has 0 saturated carbocycles. The largest absolute Gasteiger partial charge is 0.393 e. The minimum atomic E-state index is -9.81. The molecular weight excluding hydrogens is 508 g/mol. The Morgan fingerprint density at radius 2 is 1.72 bits per heavy atom. The summed E-state index contributed by atoms with van der Waals surface area (Å²) in [7, 11) is -9.81. The lowest BCUT2D eigenvalue weighted by Crippen LogP contribution is -2.38. The third-order valence-electron chi connectivity index (χ3n) is 7.15. The minimum Gasteiger partial charge on any atom is -0.393 e. The first kappa shape index (κ1) is 24.9. The summed E-state index contributed by atoms with van der Waals surface area (Å²) in [4.78, 5) is 19.7. The first-order chi connectivity index (χ1) is 16.7. The van der Waals surface area contributed by atoms with Gasteiger partial charge in [-0.2, -0.15) is 0 Å². The summed E-state index contributed by atoms with van der Waals surface area (Å²) in [5.74, 6) is -1.25. The van der Waals surface area contributed by atoms with E-state index in [9.17, 15) is 29.3 Å². The van der Waals surface area contributed by atoms with E-state index in [1.807, 2.05) is 0 Å². The summed E-state index contributed by atoms with van der Waals surface area (Å²) in [6.07, 6.45) is 4.07. The van der Waals surface area contributed by atoms with Crippen molar-refractivity contribution in [3.8, 4) is 0 Å². The summed E-state index contributed by atoms with van der Waals surface area (Å²) in [6, 6.07) is 1.98. The highest BCUT2D eigenvalue weighted by Gasteiger charge is 2.65. The molecule has 1 amide bonds. The molecule has 0 radical (unpaired) electrons. The second-order valence-electron chi connectivity index (χ2n) is 9.64. The molecule has 3 heterocycles. The van der Waals surface area contributed by atoms with Crippen LogP contribution in [0.25, 0.3) is 11.0 Å². The summed E-state index contributed by atoms with van der Waals surface area (Å²) in [6.45, 7) is 0.455. The highest BCUT2D eigenvalue weighted by Crippen LogP contribution is 3.02. The number of benzene rings is 1. The second-order valence-corrected chi connectivity index (χ2v) is 12.0. The monoisotopic (exact) mass is 533 g/mol. The zero-order valence-electron chi connectivity index (χ0n) is 19.1. The van der Waals surface area contributed by atoms with Crippen molar-refractivity contribution in [3.63, 3.8) is 0 Å². The molecule has 0 spiro atoms. The molecule has 2 aromatic heterocycles. The van der Waals surface area contributed by atoms with E-state index < -0.39 is 32.9 Å². The Balaban J connectivity index is 1.36. The molecule has 12 heteroatoms. The zero-order chi connectivity index (χ0) is 25.9. The molecule has 5 nitrogen and oxygen atoms in total. The number of nitrogens with zero attached hydrogens (tertiary/aromatic N) is 2. The Morgan fingerprint density at radius 1 is 1.06 bits per heavy atom. The van der Waals surface area contributed by atoms with Crippen LogP contribution in [0, 0.1) is 5.82 Å². The lowest BCUT2D eigenvalue weighted by molar-refractivity contribution is 0.0712. The molecule has 1 fully saturated rings. The fourth-order valence-electron chi connectivity index (χ4n) is 5.37. The average molecular weight is 534 g/mol. The Kier molecular flexibility index (Phi) is 5.46. The van der Waals surface area contributed by atoms with Crippen molar-refractivity contribution in [1.82, 2.24) is 14.9 Å². The third-order valence-corrected chi connectivity index (χ3v) is 8.31. The van der Waals surface area contributed by atoms with Gasteiger partial charge >= 0.3 is 10.2 Å². The molecule has 1 atom stereocenters. The maximum absolute atomic E-state index is 15.1. The van der Waals surface area contributed by atoms with Crippen LogP contribution >= 0.6 is 10.2 Å². The highest BCUT2D eigenvalue weighted by molar-refractivity contribution is 8.45. The summed E-state index contributed by atoms with van der Waals surface area (Å²) in [5.41, 5.74) is 2.76. The number of aryl methyl sites for hydroxylation is 1. The van der Waals surface area contributed by atoms with Crippen LogP contribution in [0.1, 0.15) is 58.8 Å². The predicted molar refractivity (Wildman–Crippen MR) is 124 cm³/mol. The van der Waals surface area contributed by atoms with Crippen LogP contribution in [0.2, 0.25) is 0 Å². The number of H-pyrrole nitrogens is 1. The van der Waals surface area contributed by atoms with Gasteiger partial charge in [-0.15, -0.1) is 0 Å². The second kappa shape index (κ2) is 7.88. The van der Waals surface area contributed by atoms with Crippen molar-refractivity contribution >= 4 is 27.2 Å². The molecule has 1 aromatic carbocycles. The van der Waals surface area contributed by atoms with E-state index in [1.165, 1.54) is 11.1 Å². The number of likely N-dealkylation sites (tertiary alicyclic amines) is 1. The van der Waals surface area contributed by atoms with Gasteiger partial charge in [-0.05, 0) is 67.9 Å². The van der Waals surface area contributed by atoms with Gasteiger partial charge in [-0.25, -0.2) is 9.37 Å². The maximum Gasteiger partial charge on any atom is 0.310 e. The van der Waals surface area contributed by atoms with Crippen LogP contribution in [0.5, 0.6) is 0 Å². The van der Waals surface area contributed by atoms with Gasteiger partial charge < -0.3 is 15.0 Å². The molecule has 3 aromatic rings. The summed E-state index contributed by atoms with van der Waals surface area (Å²) in [5, 5.41) is 11.0. The number of aliphatic hydroxyl groups excluding tert-OH is 1. The number of rotatable bonds is 3. The van der Waals surface area contributed by atoms with Crippen molar-refractivity contribution < 1.29 is 33.7 Å². The van der Waals surface area contributed by atoms with Crippen LogP contribution in [-0.2, 0) is 12.8 Å². The van der Waals surface area contributed by atoms with Crippen molar-refractivity contribution in [2.24, 2.45) is 0 Å². The smallest absolute Gasteiger partial charge is 0.310 e. The summed E-state index contributed by atoms with van der Waals surface area (Å²) >= 11 is 0. The van der Waals surface area contributed by atoms with E-state index in [0.717, 1.165) is 36.2 Å². The van der Waals surface area contributed by atoms with Gasteiger partial charge in [0.25, 0.3) is 5.91 Å². The van der Waals surface area contributed by atoms with E-state index in [4.69, 9.17) is 0 Å². The molecule has 1 unspecified atom stereocenters. The molecule has 1 saturated heterocycles. The molecule has 2 aliphatic rings. The number of hydrogen-bond donors (Lipinski definition) is 2. The predicted octanol–water partition coefficient (Wildman–Crippen LogP) is 6.62. The first-order valence-electron chi connectivity index (χ1n) is 11.7. The normalized spacial score (nSPS) is 21.5. The molecule has 36 heavy (non-hydrogen) atoms. The quantitative estimate of drug-likeness (QED) is 0.294.